The highest BCUT2D eigenvalue weighted by Gasteiger charge is 2.21. The Morgan fingerprint density at radius 2 is 1.72 bits per heavy atom. The number of nitrogens with zero attached hydrogens (tertiary/aromatic N) is 4. The molecule has 0 spiro atoms. The third kappa shape index (κ3) is 3.59. The number of hydrogen-bond donors (Lipinski definition) is 0. The van der Waals surface area contributed by atoms with Crippen molar-refractivity contribution >= 4 is 0 Å². The maximum absolute atomic E-state index is 12.9. The van der Waals surface area contributed by atoms with E-state index in [0.717, 1.165) is 48.8 Å². The molecule has 1 aromatic carbocycles. The molecule has 2 aliphatic rings. The first-order valence-electron chi connectivity index (χ1n) is 8.32. The number of alkyl halides is 2. The summed E-state index contributed by atoms with van der Waals surface area (Å²) in [6, 6.07) is 6.02. The van der Waals surface area contributed by atoms with Gasteiger partial charge in [0.1, 0.15) is 5.82 Å². The van der Waals surface area contributed by atoms with Gasteiger partial charge in [-0.3, -0.25) is 14.4 Å². The SMILES string of the molecule is FC(F)n1ccnc1CN1CCN(Cc2ccc3c(c2)OCO3)CC1. The number of benzene rings is 1. The maximum Gasteiger partial charge on any atom is 0.319 e. The number of piperazine rings is 1. The lowest BCUT2D eigenvalue weighted by molar-refractivity contribution is 0.0603. The van der Waals surface area contributed by atoms with Crippen LogP contribution >= 0.6 is 0 Å². The van der Waals surface area contributed by atoms with Gasteiger partial charge in [0, 0.05) is 45.1 Å². The Kier molecular flexibility index (Phi) is 4.54. The Hall–Kier alpha value is -2.19. The van der Waals surface area contributed by atoms with Crippen molar-refractivity contribution in [3.05, 3.63) is 42.0 Å². The summed E-state index contributed by atoms with van der Waals surface area (Å²) in [4.78, 5) is 8.57. The van der Waals surface area contributed by atoms with E-state index in [0.29, 0.717) is 12.4 Å². The molecule has 0 radical (unpaired) electrons. The molecule has 2 aliphatic heterocycles. The standard InChI is InChI=1S/C17H20F2N4O2/c18-17(19)23-4-3-20-16(23)11-22-7-5-21(6-8-22)10-13-1-2-14-15(9-13)25-12-24-14/h1-4,9,17H,5-8,10-12H2. The van der Waals surface area contributed by atoms with Gasteiger partial charge in [0.2, 0.25) is 6.79 Å². The van der Waals surface area contributed by atoms with Crippen molar-refractivity contribution < 1.29 is 18.3 Å². The number of ether oxygens (including phenoxy) is 2. The lowest BCUT2D eigenvalue weighted by Gasteiger charge is -2.34. The number of hydrogen-bond acceptors (Lipinski definition) is 5. The van der Waals surface area contributed by atoms with Crippen LogP contribution in [0.25, 0.3) is 0 Å². The van der Waals surface area contributed by atoms with Gasteiger partial charge in [-0.25, -0.2) is 4.98 Å². The average molecular weight is 350 g/mol. The van der Waals surface area contributed by atoms with Crippen molar-refractivity contribution in [1.82, 2.24) is 19.4 Å². The highest BCUT2D eigenvalue weighted by atomic mass is 19.3. The zero-order valence-corrected chi connectivity index (χ0v) is 13.8. The minimum atomic E-state index is -2.54. The molecule has 1 saturated heterocycles. The molecule has 0 bridgehead atoms. The van der Waals surface area contributed by atoms with Gasteiger partial charge in [0.15, 0.2) is 11.5 Å². The molecule has 0 unspecified atom stereocenters. The van der Waals surface area contributed by atoms with Gasteiger partial charge < -0.3 is 9.47 Å². The van der Waals surface area contributed by atoms with E-state index in [9.17, 15) is 8.78 Å². The normalized spacial score (nSPS) is 18.2. The molecule has 0 N–H and O–H groups in total. The maximum atomic E-state index is 12.9. The number of aromatic nitrogens is 2. The lowest BCUT2D eigenvalue weighted by Crippen LogP contribution is -2.45. The van der Waals surface area contributed by atoms with Crippen molar-refractivity contribution in [3.63, 3.8) is 0 Å². The molecule has 0 aliphatic carbocycles. The molecule has 25 heavy (non-hydrogen) atoms. The van der Waals surface area contributed by atoms with Gasteiger partial charge in [0.05, 0.1) is 6.54 Å². The molecule has 1 aromatic heterocycles. The van der Waals surface area contributed by atoms with E-state index < -0.39 is 6.55 Å². The van der Waals surface area contributed by atoms with Crippen LogP contribution < -0.4 is 9.47 Å². The number of fused-ring (bicyclic) bond motifs is 1. The third-order valence-corrected chi connectivity index (χ3v) is 4.63. The van der Waals surface area contributed by atoms with Crippen LogP contribution in [0.2, 0.25) is 0 Å². The summed E-state index contributed by atoms with van der Waals surface area (Å²) in [6.07, 6.45) is 2.76. The predicted octanol–water partition coefficient (Wildman–Crippen LogP) is 2.32. The molecule has 0 atom stereocenters. The second-order valence-electron chi connectivity index (χ2n) is 6.27. The van der Waals surface area contributed by atoms with E-state index in [4.69, 9.17) is 9.47 Å². The fourth-order valence-electron chi connectivity index (χ4n) is 3.25. The van der Waals surface area contributed by atoms with Gasteiger partial charge in [0.25, 0.3) is 0 Å². The molecule has 0 saturated carbocycles. The quantitative estimate of drug-likeness (QED) is 0.828. The molecule has 4 rings (SSSR count). The number of imidazole rings is 1. The molecule has 3 heterocycles. The van der Waals surface area contributed by atoms with E-state index in [2.05, 4.69) is 20.9 Å². The minimum absolute atomic E-state index is 0.284. The Labute approximate surface area is 144 Å². The van der Waals surface area contributed by atoms with Gasteiger partial charge in [-0.1, -0.05) is 6.07 Å². The molecule has 6 nitrogen and oxygen atoms in total. The van der Waals surface area contributed by atoms with E-state index in [1.54, 1.807) is 0 Å². The first-order chi connectivity index (χ1) is 12.2. The van der Waals surface area contributed by atoms with Gasteiger partial charge in [-0.15, -0.1) is 0 Å². The summed E-state index contributed by atoms with van der Waals surface area (Å²) in [7, 11) is 0. The Morgan fingerprint density at radius 3 is 2.48 bits per heavy atom. The topological polar surface area (TPSA) is 42.8 Å². The fraction of sp³-hybridized carbons (Fsp3) is 0.471. The summed E-state index contributed by atoms with van der Waals surface area (Å²) in [5, 5.41) is 0. The predicted molar refractivity (Wildman–Crippen MR) is 86.6 cm³/mol. The summed E-state index contributed by atoms with van der Waals surface area (Å²) in [5.74, 6) is 2.01. The van der Waals surface area contributed by atoms with Gasteiger partial charge in [-0.2, -0.15) is 8.78 Å². The zero-order chi connectivity index (χ0) is 17.2. The van der Waals surface area contributed by atoms with Crippen molar-refractivity contribution in [2.24, 2.45) is 0 Å². The molecule has 0 amide bonds. The number of rotatable bonds is 5. The van der Waals surface area contributed by atoms with Crippen LogP contribution in [0.5, 0.6) is 11.5 Å². The van der Waals surface area contributed by atoms with Crippen molar-refractivity contribution in [1.29, 1.82) is 0 Å². The Balaban J connectivity index is 1.30. The van der Waals surface area contributed by atoms with E-state index >= 15 is 0 Å². The monoisotopic (exact) mass is 350 g/mol. The van der Waals surface area contributed by atoms with Crippen LogP contribution in [-0.2, 0) is 13.1 Å². The highest BCUT2D eigenvalue weighted by Crippen LogP contribution is 2.32. The van der Waals surface area contributed by atoms with E-state index in [-0.39, 0.29) is 6.79 Å². The molecule has 134 valence electrons. The smallest absolute Gasteiger partial charge is 0.319 e. The first-order valence-corrected chi connectivity index (χ1v) is 8.32. The second kappa shape index (κ2) is 6.97. The van der Waals surface area contributed by atoms with Gasteiger partial charge in [-0.05, 0) is 17.7 Å². The zero-order valence-electron chi connectivity index (χ0n) is 13.8. The average Bonchev–Trinajstić information content (AvgIpc) is 3.25. The van der Waals surface area contributed by atoms with Crippen LogP contribution in [0.1, 0.15) is 17.9 Å². The van der Waals surface area contributed by atoms with Crippen LogP contribution in [0.3, 0.4) is 0 Å². The van der Waals surface area contributed by atoms with Crippen LogP contribution in [0.4, 0.5) is 8.78 Å². The molecule has 1 fully saturated rings. The third-order valence-electron chi connectivity index (χ3n) is 4.63. The molecular formula is C17H20F2N4O2. The van der Waals surface area contributed by atoms with Crippen molar-refractivity contribution in [2.75, 3.05) is 33.0 Å². The van der Waals surface area contributed by atoms with E-state index in [1.807, 2.05) is 12.1 Å². The first kappa shape index (κ1) is 16.3. The van der Waals surface area contributed by atoms with Crippen LogP contribution in [0, 0.1) is 0 Å². The molecular weight excluding hydrogens is 330 g/mol. The van der Waals surface area contributed by atoms with Crippen molar-refractivity contribution in [2.45, 2.75) is 19.6 Å². The highest BCUT2D eigenvalue weighted by molar-refractivity contribution is 5.44. The lowest BCUT2D eigenvalue weighted by atomic mass is 10.1. The summed E-state index contributed by atoms with van der Waals surface area (Å²) < 4.78 is 37.5. The fourth-order valence-corrected chi connectivity index (χ4v) is 3.25. The molecule has 2 aromatic rings. The van der Waals surface area contributed by atoms with Crippen LogP contribution in [0.15, 0.2) is 30.6 Å². The summed E-state index contributed by atoms with van der Waals surface area (Å²) in [6.45, 7) is 2.50. The largest absolute Gasteiger partial charge is 0.454 e. The van der Waals surface area contributed by atoms with Crippen molar-refractivity contribution in [3.8, 4) is 11.5 Å². The molecule has 8 heteroatoms. The van der Waals surface area contributed by atoms with E-state index in [1.165, 1.54) is 18.0 Å². The minimum Gasteiger partial charge on any atom is -0.454 e. The summed E-state index contributed by atoms with van der Waals surface area (Å²) in [5.41, 5.74) is 1.19. The van der Waals surface area contributed by atoms with Gasteiger partial charge >= 0.3 is 6.55 Å². The number of halogens is 2. The second-order valence-corrected chi connectivity index (χ2v) is 6.27. The Bertz CT molecular complexity index is 729. The Morgan fingerprint density at radius 1 is 1.00 bits per heavy atom. The van der Waals surface area contributed by atoms with Crippen LogP contribution in [-0.4, -0.2) is 52.3 Å². The summed E-state index contributed by atoms with van der Waals surface area (Å²) >= 11 is 0.